The molecule has 0 bridgehead atoms. The van der Waals surface area contributed by atoms with E-state index in [4.69, 9.17) is 0 Å². The van der Waals surface area contributed by atoms with Gasteiger partial charge in [0.1, 0.15) is 6.54 Å². The number of nitrogens with zero attached hydrogens (tertiary/aromatic N) is 4. The largest absolute Gasteiger partial charge is 0.357 e. The maximum Gasteiger partial charge on any atom is 0.266 e. The maximum atomic E-state index is 10.5. The van der Waals surface area contributed by atoms with Crippen molar-refractivity contribution in [2.75, 3.05) is 6.54 Å². The van der Waals surface area contributed by atoms with Crippen LogP contribution in [0.1, 0.15) is 0 Å². The predicted molar refractivity (Wildman–Crippen MR) is 55.2 cm³/mol. The first-order valence-electron chi connectivity index (χ1n) is 4.04. The van der Waals surface area contributed by atoms with Crippen LogP contribution in [-0.4, -0.2) is 26.5 Å². The molecule has 78 valence electrons. The average molecular weight is 272 g/mol. The van der Waals surface area contributed by atoms with E-state index < -0.39 is 4.92 Å². The Balaban J connectivity index is 2.36. The van der Waals surface area contributed by atoms with Crippen molar-refractivity contribution in [3.63, 3.8) is 0 Å². The summed E-state index contributed by atoms with van der Waals surface area (Å²) >= 11 is 3.22. The third kappa shape index (κ3) is 1.89. The Kier molecular flexibility index (Phi) is 2.50. The fourth-order valence-electron chi connectivity index (χ4n) is 1.14. The Morgan fingerprint density at radius 3 is 2.73 bits per heavy atom. The SMILES string of the molecule is O=[N+]([O-])C1=CC(Br)=C(n2nccn2)NC1. The van der Waals surface area contributed by atoms with Gasteiger partial charge in [-0.25, -0.2) is 0 Å². The molecule has 15 heavy (non-hydrogen) atoms. The second-order valence-electron chi connectivity index (χ2n) is 2.76. The summed E-state index contributed by atoms with van der Waals surface area (Å²) in [6.07, 6.45) is 4.50. The summed E-state index contributed by atoms with van der Waals surface area (Å²) in [6.45, 7) is 0.152. The van der Waals surface area contributed by atoms with Crippen molar-refractivity contribution in [1.29, 1.82) is 0 Å². The van der Waals surface area contributed by atoms with Gasteiger partial charge in [0.05, 0.1) is 21.8 Å². The third-order valence-electron chi connectivity index (χ3n) is 1.81. The Hall–Kier alpha value is -1.70. The van der Waals surface area contributed by atoms with Crippen molar-refractivity contribution in [3.05, 3.63) is 38.8 Å². The lowest BCUT2D eigenvalue weighted by Gasteiger charge is -2.13. The van der Waals surface area contributed by atoms with E-state index in [1.165, 1.54) is 23.3 Å². The van der Waals surface area contributed by atoms with Gasteiger partial charge in [0.25, 0.3) is 5.70 Å². The molecule has 0 unspecified atom stereocenters. The molecule has 0 atom stereocenters. The molecule has 1 aliphatic heterocycles. The zero-order valence-corrected chi connectivity index (χ0v) is 9.01. The molecular weight excluding hydrogens is 266 g/mol. The number of hydrogen-bond acceptors (Lipinski definition) is 5. The minimum Gasteiger partial charge on any atom is -0.357 e. The standard InChI is InChI=1S/C7H6BrN5O2/c8-6-3-5(13(14)15)4-9-7(6)12-10-1-2-11-12/h1-3,9H,4H2. The van der Waals surface area contributed by atoms with Crippen molar-refractivity contribution in [2.45, 2.75) is 0 Å². The molecule has 2 heterocycles. The van der Waals surface area contributed by atoms with Gasteiger partial charge in [0.15, 0.2) is 5.82 Å². The lowest BCUT2D eigenvalue weighted by atomic mass is 10.3. The first kappa shape index (κ1) is 9.84. The predicted octanol–water partition coefficient (Wildman–Crippen LogP) is 0.563. The minimum absolute atomic E-state index is 0.0952. The van der Waals surface area contributed by atoms with E-state index >= 15 is 0 Å². The van der Waals surface area contributed by atoms with E-state index in [1.807, 2.05) is 0 Å². The van der Waals surface area contributed by atoms with Gasteiger partial charge in [-0.15, -0.1) is 4.80 Å². The Bertz CT molecular complexity index is 450. The van der Waals surface area contributed by atoms with E-state index in [-0.39, 0.29) is 12.2 Å². The summed E-state index contributed by atoms with van der Waals surface area (Å²) in [7, 11) is 0. The number of aromatic nitrogens is 3. The van der Waals surface area contributed by atoms with Crippen LogP contribution in [0.25, 0.3) is 5.82 Å². The molecule has 0 aromatic carbocycles. The lowest BCUT2D eigenvalue weighted by Crippen LogP contribution is -2.27. The normalized spacial score (nSPS) is 15.9. The molecule has 0 radical (unpaired) electrons. The molecule has 0 fully saturated rings. The van der Waals surface area contributed by atoms with Gasteiger partial charge >= 0.3 is 0 Å². The number of halogens is 1. The van der Waals surface area contributed by atoms with Crippen molar-refractivity contribution in [2.24, 2.45) is 0 Å². The van der Waals surface area contributed by atoms with Crippen LogP contribution >= 0.6 is 15.9 Å². The lowest BCUT2D eigenvalue weighted by molar-refractivity contribution is -0.426. The summed E-state index contributed by atoms with van der Waals surface area (Å²) in [5.74, 6) is 0.589. The molecule has 0 saturated carbocycles. The summed E-state index contributed by atoms with van der Waals surface area (Å²) < 4.78 is 0.552. The molecule has 0 aliphatic carbocycles. The molecule has 1 aromatic heterocycles. The maximum absolute atomic E-state index is 10.5. The summed E-state index contributed by atoms with van der Waals surface area (Å²) in [6, 6.07) is 0. The van der Waals surface area contributed by atoms with Gasteiger partial charge in [-0.1, -0.05) is 0 Å². The highest BCUT2D eigenvalue weighted by Gasteiger charge is 2.20. The van der Waals surface area contributed by atoms with Crippen LogP contribution in [0, 0.1) is 10.1 Å². The number of hydrogen-bond donors (Lipinski definition) is 1. The van der Waals surface area contributed by atoms with Crippen molar-refractivity contribution in [1.82, 2.24) is 20.3 Å². The van der Waals surface area contributed by atoms with Crippen molar-refractivity contribution in [3.8, 4) is 0 Å². The zero-order valence-electron chi connectivity index (χ0n) is 7.42. The van der Waals surface area contributed by atoms with Gasteiger partial charge in [0, 0.05) is 6.08 Å². The third-order valence-corrected chi connectivity index (χ3v) is 2.41. The highest BCUT2D eigenvalue weighted by atomic mass is 79.9. The van der Waals surface area contributed by atoms with Crippen LogP contribution in [0.5, 0.6) is 0 Å². The highest BCUT2D eigenvalue weighted by molar-refractivity contribution is 9.12. The fourth-order valence-corrected chi connectivity index (χ4v) is 1.70. The number of dihydropyridines is 1. The van der Waals surface area contributed by atoms with E-state index in [0.29, 0.717) is 10.3 Å². The molecular formula is C7H6BrN5O2. The Morgan fingerprint density at radius 2 is 2.20 bits per heavy atom. The molecule has 0 spiro atoms. The molecule has 8 heteroatoms. The topological polar surface area (TPSA) is 85.9 Å². The monoisotopic (exact) mass is 271 g/mol. The number of nitro groups is 1. The van der Waals surface area contributed by atoms with Gasteiger partial charge in [0.2, 0.25) is 0 Å². The van der Waals surface area contributed by atoms with Gasteiger partial charge in [-0.3, -0.25) is 10.1 Å². The van der Waals surface area contributed by atoms with E-state index in [0.717, 1.165) is 0 Å². The molecule has 0 saturated heterocycles. The highest BCUT2D eigenvalue weighted by Crippen LogP contribution is 2.20. The second-order valence-corrected chi connectivity index (χ2v) is 3.62. The molecule has 1 N–H and O–H groups in total. The Labute approximate surface area is 92.7 Å². The molecule has 7 nitrogen and oxygen atoms in total. The minimum atomic E-state index is -0.429. The molecule has 1 aromatic rings. The van der Waals surface area contributed by atoms with E-state index in [1.54, 1.807) is 0 Å². The number of nitrogens with one attached hydrogen (secondary N) is 1. The van der Waals surface area contributed by atoms with Gasteiger partial charge < -0.3 is 5.32 Å². The van der Waals surface area contributed by atoms with E-state index in [9.17, 15) is 10.1 Å². The molecule has 2 rings (SSSR count). The van der Waals surface area contributed by atoms with Gasteiger partial charge in [-0.2, -0.15) is 10.2 Å². The second kappa shape index (κ2) is 3.81. The van der Waals surface area contributed by atoms with E-state index in [2.05, 4.69) is 31.4 Å². The quantitative estimate of drug-likeness (QED) is 0.628. The van der Waals surface area contributed by atoms with Crippen LogP contribution in [0.2, 0.25) is 0 Å². The summed E-state index contributed by atoms with van der Waals surface area (Å²) in [5, 5.41) is 21.2. The van der Waals surface area contributed by atoms with Gasteiger partial charge in [-0.05, 0) is 15.9 Å². The average Bonchev–Trinajstić information content (AvgIpc) is 2.70. The van der Waals surface area contributed by atoms with Crippen molar-refractivity contribution >= 4 is 21.8 Å². The smallest absolute Gasteiger partial charge is 0.266 e. The zero-order chi connectivity index (χ0) is 10.8. The summed E-state index contributed by atoms with van der Waals surface area (Å²) in [5.41, 5.74) is 0.0952. The first-order valence-corrected chi connectivity index (χ1v) is 4.83. The van der Waals surface area contributed by atoms with Crippen LogP contribution in [0.3, 0.4) is 0 Å². The number of allylic oxidation sites excluding steroid dienone is 2. The fraction of sp³-hybridized carbons (Fsp3) is 0.143. The number of rotatable bonds is 2. The first-order chi connectivity index (χ1) is 7.18. The molecule has 0 amide bonds. The van der Waals surface area contributed by atoms with Crippen LogP contribution in [0.4, 0.5) is 0 Å². The summed E-state index contributed by atoms with van der Waals surface area (Å²) in [4.78, 5) is 11.4. The van der Waals surface area contributed by atoms with Crippen LogP contribution in [0.15, 0.2) is 28.6 Å². The molecule has 1 aliphatic rings. The van der Waals surface area contributed by atoms with Crippen molar-refractivity contribution < 1.29 is 4.92 Å². The van der Waals surface area contributed by atoms with Crippen LogP contribution in [-0.2, 0) is 0 Å². The van der Waals surface area contributed by atoms with Crippen LogP contribution < -0.4 is 5.32 Å². The Morgan fingerprint density at radius 1 is 1.53 bits per heavy atom.